The van der Waals surface area contributed by atoms with Gasteiger partial charge in [0.2, 0.25) is 0 Å². The second kappa shape index (κ2) is 3.99. The minimum atomic E-state index is 0.248. The third kappa shape index (κ3) is 1.58. The molecule has 4 aliphatic rings. The van der Waals surface area contributed by atoms with E-state index in [1.165, 1.54) is 51.4 Å². The van der Waals surface area contributed by atoms with Crippen LogP contribution in [0.3, 0.4) is 0 Å². The van der Waals surface area contributed by atoms with E-state index in [1.807, 2.05) is 0 Å². The summed E-state index contributed by atoms with van der Waals surface area (Å²) < 4.78 is 8.09. The van der Waals surface area contributed by atoms with Gasteiger partial charge in [-0.2, -0.15) is 0 Å². The standard InChI is InChI=1S/C19H28/c1-18-11-5-7-16(18)15-9-8-14-6-3-4-12-19(14,2)17(15)10-13-18/h5,8,11,15-17H,3-4,6-7,9-10,12-13H2,1-2H3/t15-,16-,17-,18-,19-/m0/s1/i1D. The Balaban J connectivity index is 1.70. The number of rotatable bonds is 0. The average Bonchev–Trinajstić information content (AvgIpc) is 2.91. The first-order valence-electron chi connectivity index (χ1n) is 9.07. The molecule has 104 valence electrons. The van der Waals surface area contributed by atoms with E-state index in [4.69, 9.17) is 1.37 Å². The molecule has 0 aromatic heterocycles. The van der Waals surface area contributed by atoms with Gasteiger partial charge in [-0.3, -0.25) is 0 Å². The van der Waals surface area contributed by atoms with Gasteiger partial charge in [0.15, 0.2) is 0 Å². The zero-order valence-electron chi connectivity index (χ0n) is 13.3. The lowest BCUT2D eigenvalue weighted by atomic mass is 9.48. The molecule has 0 amide bonds. The van der Waals surface area contributed by atoms with Crippen molar-refractivity contribution in [3.05, 3.63) is 23.8 Å². The van der Waals surface area contributed by atoms with Crippen LogP contribution in [-0.2, 0) is 0 Å². The summed E-state index contributed by atoms with van der Waals surface area (Å²) in [4.78, 5) is 0. The fourth-order valence-electron chi connectivity index (χ4n) is 6.01. The van der Waals surface area contributed by atoms with E-state index in [1.54, 1.807) is 5.57 Å². The lowest BCUT2D eigenvalue weighted by Crippen LogP contribution is -2.48. The van der Waals surface area contributed by atoms with E-state index in [9.17, 15) is 0 Å². The van der Waals surface area contributed by atoms with E-state index in [0.29, 0.717) is 12.3 Å². The summed E-state index contributed by atoms with van der Waals surface area (Å²) in [6.45, 7) is 3.19. The number of hydrogen-bond donors (Lipinski definition) is 0. The molecular weight excluding hydrogens is 228 g/mol. The monoisotopic (exact) mass is 257 g/mol. The molecule has 0 saturated heterocycles. The normalized spacial score (nSPS) is 52.8. The quantitative estimate of drug-likeness (QED) is 0.502. The summed E-state index contributed by atoms with van der Waals surface area (Å²) >= 11 is 0. The van der Waals surface area contributed by atoms with E-state index in [0.717, 1.165) is 17.8 Å². The van der Waals surface area contributed by atoms with Gasteiger partial charge < -0.3 is 0 Å². The molecular formula is C19H28. The zero-order valence-corrected chi connectivity index (χ0v) is 12.3. The zero-order chi connectivity index (χ0) is 13.8. The lowest BCUT2D eigenvalue weighted by Gasteiger charge is -2.56. The first-order chi connectivity index (χ1) is 9.70. The first kappa shape index (κ1) is 11.2. The summed E-state index contributed by atoms with van der Waals surface area (Å²) in [6, 6.07) is 0. The molecule has 2 fully saturated rings. The van der Waals surface area contributed by atoms with Crippen LogP contribution in [0.15, 0.2) is 23.8 Å². The van der Waals surface area contributed by atoms with E-state index >= 15 is 0 Å². The minimum absolute atomic E-state index is 0.248. The summed E-state index contributed by atoms with van der Waals surface area (Å²) in [5.74, 6) is 2.54. The molecule has 0 N–H and O–H groups in total. The molecule has 0 heteroatoms. The number of hydrogen-bond acceptors (Lipinski definition) is 0. The maximum absolute atomic E-state index is 8.09. The summed E-state index contributed by atoms with van der Waals surface area (Å²) in [6.07, 6.45) is 18.3. The van der Waals surface area contributed by atoms with Gasteiger partial charge in [-0.25, -0.2) is 0 Å². The van der Waals surface area contributed by atoms with Gasteiger partial charge in [0.05, 0.1) is 0 Å². The highest BCUT2D eigenvalue weighted by Crippen LogP contribution is 2.63. The van der Waals surface area contributed by atoms with Crippen molar-refractivity contribution in [2.75, 3.05) is 0 Å². The summed E-state index contributed by atoms with van der Waals surface area (Å²) in [5.41, 5.74) is 2.56. The Bertz CT molecular complexity index is 462. The molecule has 0 aromatic carbocycles. The third-order valence-corrected chi connectivity index (χ3v) is 7.11. The van der Waals surface area contributed by atoms with Gasteiger partial charge in [-0.1, -0.05) is 44.0 Å². The number of allylic oxidation sites excluding steroid dienone is 4. The van der Waals surface area contributed by atoms with Crippen molar-refractivity contribution in [2.24, 2.45) is 28.6 Å². The Hall–Kier alpha value is -0.520. The Morgan fingerprint density at radius 3 is 3.05 bits per heavy atom. The molecule has 19 heavy (non-hydrogen) atoms. The van der Waals surface area contributed by atoms with Crippen LogP contribution in [0.5, 0.6) is 0 Å². The van der Waals surface area contributed by atoms with Crippen molar-refractivity contribution >= 4 is 0 Å². The molecule has 4 rings (SSSR count). The fraction of sp³-hybridized carbons (Fsp3) is 0.789. The van der Waals surface area contributed by atoms with Crippen LogP contribution in [0.25, 0.3) is 0 Å². The molecule has 0 bridgehead atoms. The highest BCUT2D eigenvalue weighted by molar-refractivity contribution is 5.25. The van der Waals surface area contributed by atoms with E-state index < -0.39 is 0 Å². The van der Waals surface area contributed by atoms with E-state index in [2.05, 4.69) is 25.2 Å². The predicted octanol–water partition coefficient (Wildman–Crippen LogP) is 5.51. The van der Waals surface area contributed by atoms with Gasteiger partial charge in [0.1, 0.15) is 0 Å². The largest absolute Gasteiger partial charge is 0.0877 e. The number of fused-ring (bicyclic) bond motifs is 5. The van der Waals surface area contributed by atoms with Crippen molar-refractivity contribution < 1.29 is 1.37 Å². The van der Waals surface area contributed by atoms with Crippen molar-refractivity contribution in [3.63, 3.8) is 0 Å². The van der Waals surface area contributed by atoms with E-state index in [-0.39, 0.29) is 5.41 Å². The Kier molecular flexibility index (Phi) is 2.35. The van der Waals surface area contributed by atoms with Crippen molar-refractivity contribution in [3.8, 4) is 0 Å². The molecule has 5 atom stereocenters. The van der Waals surface area contributed by atoms with Crippen LogP contribution >= 0.6 is 0 Å². The molecule has 0 aliphatic heterocycles. The second-order valence-electron chi connectivity index (χ2n) is 7.88. The maximum atomic E-state index is 8.09. The lowest BCUT2D eigenvalue weighted by molar-refractivity contribution is -0.0130. The predicted molar refractivity (Wildman–Crippen MR) is 80.8 cm³/mol. The molecule has 0 unspecified atom stereocenters. The van der Waals surface area contributed by atoms with Gasteiger partial charge in [0.25, 0.3) is 0 Å². The maximum Gasteiger partial charge on any atom is 0.0239 e. The highest BCUT2D eigenvalue weighted by Gasteiger charge is 2.53. The molecule has 0 heterocycles. The van der Waals surface area contributed by atoms with Crippen LogP contribution in [0.4, 0.5) is 0 Å². The summed E-state index contributed by atoms with van der Waals surface area (Å²) in [5, 5.41) is 0. The molecule has 0 spiro atoms. The van der Waals surface area contributed by atoms with Crippen LogP contribution in [0.1, 0.15) is 66.6 Å². The van der Waals surface area contributed by atoms with Gasteiger partial charge in [0, 0.05) is 1.37 Å². The summed E-state index contributed by atoms with van der Waals surface area (Å²) in [7, 11) is 0. The highest BCUT2D eigenvalue weighted by atomic mass is 14.6. The molecule has 4 aliphatic carbocycles. The molecule has 2 saturated carbocycles. The fourth-order valence-corrected chi connectivity index (χ4v) is 6.01. The molecule has 0 radical (unpaired) electrons. The van der Waals surface area contributed by atoms with Crippen molar-refractivity contribution in [2.45, 2.75) is 65.2 Å². The van der Waals surface area contributed by atoms with Crippen LogP contribution < -0.4 is 0 Å². The topological polar surface area (TPSA) is 0 Å². The van der Waals surface area contributed by atoms with Gasteiger partial charge >= 0.3 is 0 Å². The second-order valence-corrected chi connectivity index (χ2v) is 7.88. The molecule has 0 nitrogen and oxygen atoms in total. The minimum Gasteiger partial charge on any atom is -0.0877 e. The smallest absolute Gasteiger partial charge is 0.0239 e. The van der Waals surface area contributed by atoms with Crippen LogP contribution in [-0.4, -0.2) is 0 Å². The molecule has 0 aromatic rings. The Morgan fingerprint density at radius 2 is 2.16 bits per heavy atom. The Labute approximate surface area is 119 Å². The van der Waals surface area contributed by atoms with Crippen molar-refractivity contribution in [1.82, 2.24) is 0 Å². The van der Waals surface area contributed by atoms with Crippen LogP contribution in [0, 0.1) is 28.6 Å². The van der Waals surface area contributed by atoms with Gasteiger partial charge in [-0.15, -0.1) is 0 Å². The SMILES string of the molecule is [2H]C[C@@]12C=CC[C@H]1[C@@H]1CC=C3CCCC[C@]3(C)[C@H]1CC2. The Morgan fingerprint density at radius 1 is 1.21 bits per heavy atom. The van der Waals surface area contributed by atoms with Crippen molar-refractivity contribution in [1.29, 1.82) is 0 Å². The van der Waals surface area contributed by atoms with Crippen LogP contribution in [0.2, 0.25) is 0 Å². The average molecular weight is 257 g/mol. The van der Waals surface area contributed by atoms with Gasteiger partial charge in [-0.05, 0) is 73.5 Å². The first-order valence-corrected chi connectivity index (χ1v) is 8.36. The third-order valence-electron chi connectivity index (χ3n) is 7.11.